The first kappa shape index (κ1) is 24.2. The third-order valence-corrected chi connectivity index (χ3v) is 6.19. The van der Waals surface area contributed by atoms with Crippen molar-refractivity contribution in [2.24, 2.45) is 5.41 Å². The van der Waals surface area contributed by atoms with Crippen molar-refractivity contribution in [3.8, 4) is 0 Å². The van der Waals surface area contributed by atoms with Crippen LogP contribution in [0.15, 0.2) is 24.4 Å². The topological polar surface area (TPSA) is 95.0 Å². The van der Waals surface area contributed by atoms with Gasteiger partial charge in [0, 0.05) is 50.4 Å². The van der Waals surface area contributed by atoms with Gasteiger partial charge in [0.2, 0.25) is 0 Å². The van der Waals surface area contributed by atoms with Crippen LogP contribution in [0.4, 0.5) is 18.0 Å². The van der Waals surface area contributed by atoms with E-state index in [0.717, 1.165) is 77.3 Å². The molecule has 2 atom stereocenters. The number of nitrogens with one attached hydrogen (secondary N) is 1. The van der Waals surface area contributed by atoms with Crippen molar-refractivity contribution in [2.45, 2.75) is 44.4 Å². The van der Waals surface area contributed by atoms with Crippen molar-refractivity contribution in [3.63, 3.8) is 0 Å². The smallest absolute Gasteiger partial charge is 0.475 e. The number of aliphatic carboxylic acids is 1. The van der Waals surface area contributed by atoms with Gasteiger partial charge in [-0.15, -0.1) is 0 Å². The largest absolute Gasteiger partial charge is 0.490 e. The summed E-state index contributed by atoms with van der Waals surface area (Å²) in [6, 6.07) is 6.40. The highest BCUT2D eigenvalue weighted by Crippen LogP contribution is 2.39. The Morgan fingerprint density at radius 1 is 1.25 bits per heavy atom. The van der Waals surface area contributed by atoms with E-state index in [9.17, 15) is 18.0 Å². The maximum Gasteiger partial charge on any atom is 0.490 e. The number of hydrogen-bond acceptors (Lipinski definition) is 5. The Labute approximate surface area is 184 Å². The lowest BCUT2D eigenvalue weighted by atomic mass is 9.77. The number of ether oxygens (including phenoxy) is 1. The summed E-state index contributed by atoms with van der Waals surface area (Å²) in [7, 11) is 0. The molecule has 3 aliphatic rings. The van der Waals surface area contributed by atoms with Gasteiger partial charge in [0.25, 0.3) is 0 Å². The van der Waals surface area contributed by atoms with Crippen LogP contribution < -0.4 is 5.32 Å². The fraction of sp³-hybridized carbons (Fsp3) is 0.667. The fourth-order valence-corrected chi connectivity index (χ4v) is 4.51. The molecular weight excluding hydrogens is 429 g/mol. The molecule has 3 aliphatic heterocycles. The van der Waals surface area contributed by atoms with Gasteiger partial charge in [-0.2, -0.15) is 13.2 Å². The Balaban J connectivity index is 0.000000360. The highest BCUT2D eigenvalue weighted by atomic mass is 19.4. The van der Waals surface area contributed by atoms with Crippen LogP contribution in [0.1, 0.15) is 31.4 Å². The van der Waals surface area contributed by atoms with Crippen LogP contribution in [0.5, 0.6) is 0 Å². The monoisotopic (exact) mass is 458 g/mol. The number of amides is 2. The molecule has 4 rings (SSSR count). The average molecular weight is 458 g/mol. The third-order valence-electron chi connectivity index (χ3n) is 6.19. The molecule has 1 aromatic heterocycles. The Morgan fingerprint density at radius 3 is 2.59 bits per heavy atom. The fourth-order valence-electron chi connectivity index (χ4n) is 4.51. The lowest BCUT2D eigenvalue weighted by Gasteiger charge is -2.42. The normalized spacial score (nSPS) is 26.0. The van der Waals surface area contributed by atoms with E-state index in [1.165, 1.54) is 0 Å². The molecule has 2 unspecified atom stereocenters. The number of hydrogen-bond donors (Lipinski definition) is 2. The van der Waals surface area contributed by atoms with Gasteiger partial charge in [0.1, 0.15) is 0 Å². The van der Waals surface area contributed by atoms with Crippen molar-refractivity contribution < 1.29 is 32.6 Å². The van der Waals surface area contributed by atoms with Gasteiger partial charge in [0.15, 0.2) is 0 Å². The second kappa shape index (κ2) is 10.5. The van der Waals surface area contributed by atoms with Crippen LogP contribution in [-0.4, -0.2) is 83.5 Å². The van der Waals surface area contributed by atoms with Crippen molar-refractivity contribution in [1.29, 1.82) is 0 Å². The van der Waals surface area contributed by atoms with E-state index >= 15 is 0 Å². The molecular formula is C21H29F3N4O4. The first-order chi connectivity index (χ1) is 15.2. The number of aromatic nitrogens is 1. The van der Waals surface area contributed by atoms with Gasteiger partial charge < -0.3 is 20.1 Å². The van der Waals surface area contributed by atoms with E-state index in [1.54, 1.807) is 0 Å². The highest BCUT2D eigenvalue weighted by molar-refractivity contribution is 5.75. The lowest BCUT2D eigenvalue weighted by molar-refractivity contribution is -0.192. The number of carbonyl (C=O) groups excluding carboxylic acids is 1. The maximum atomic E-state index is 12.6. The van der Waals surface area contributed by atoms with Gasteiger partial charge in [0.05, 0.1) is 12.3 Å². The molecule has 2 N–H and O–H groups in total. The predicted molar refractivity (Wildman–Crippen MR) is 109 cm³/mol. The summed E-state index contributed by atoms with van der Waals surface area (Å²) >= 11 is 0. The van der Waals surface area contributed by atoms with Crippen LogP contribution in [0.25, 0.3) is 0 Å². The Morgan fingerprint density at radius 2 is 1.97 bits per heavy atom. The summed E-state index contributed by atoms with van der Waals surface area (Å²) in [6.07, 6.45) is 1.01. The maximum absolute atomic E-state index is 12.6. The van der Waals surface area contributed by atoms with Crippen LogP contribution in [-0.2, 0) is 16.1 Å². The molecule has 1 aromatic rings. The number of nitrogens with zero attached hydrogens (tertiary/aromatic N) is 3. The zero-order chi connectivity index (χ0) is 23.2. The lowest BCUT2D eigenvalue weighted by Crippen LogP contribution is -2.56. The summed E-state index contributed by atoms with van der Waals surface area (Å²) in [5.74, 6) is -2.76. The van der Waals surface area contributed by atoms with E-state index in [-0.39, 0.29) is 17.5 Å². The molecule has 32 heavy (non-hydrogen) atoms. The molecule has 4 heterocycles. The second-order valence-electron chi connectivity index (χ2n) is 8.48. The first-order valence-electron chi connectivity index (χ1n) is 10.8. The highest BCUT2D eigenvalue weighted by Gasteiger charge is 2.47. The molecule has 3 fully saturated rings. The number of carboxylic acids is 1. The van der Waals surface area contributed by atoms with E-state index in [2.05, 4.69) is 21.3 Å². The molecule has 3 saturated heterocycles. The number of likely N-dealkylation sites (tertiary alicyclic amines) is 2. The van der Waals surface area contributed by atoms with Gasteiger partial charge in [-0.05, 0) is 44.4 Å². The Hall–Kier alpha value is -2.40. The van der Waals surface area contributed by atoms with Crippen LogP contribution in [0.2, 0.25) is 0 Å². The number of halogens is 3. The molecule has 11 heteroatoms. The summed E-state index contributed by atoms with van der Waals surface area (Å²) in [5.41, 5.74) is 1.15. The molecule has 2 amide bonds. The van der Waals surface area contributed by atoms with Crippen LogP contribution in [0, 0.1) is 5.41 Å². The number of carbonyl (C=O) groups is 2. The summed E-state index contributed by atoms with van der Waals surface area (Å²) < 4.78 is 37.6. The molecule has 0 saturated carbocycles. The van der Waals surface area contributed by atoms with Gasteiger partial charge in [-0.1, -0.05) is 6.07 Å². The summed E-state index contributed by atoms with van der Waals surface area (Å²) in [5, 5.41) is 10.5. The van der Waals surface area contributed by atoms with E-state index in [0.29, 0.717) is 0 Å². The minimum atomic E-state index is -5.08. The van der Waals surface area contributed by atoms with Crippen LogP contribution in [0.3, 0.4) is 0 Å². The average Bonchev–Trinajstić information content (AvgIpc) is 3.42. The van der Waals surface area contributed by atoms with E-state index in [1.807, 2.05) is 23.2 Å². The SMILES string of the molecule is O=C(NC1CCOCC12CCN(Cc1ccccn1)C2)N1CCCC1.O=C(O)C(F)(F)F. The zero-order valence-corrected chi connectivity index (χ0v) is 17.8. The molecule has 0 bridgehead atoms. The predicted octanol–water partition coefficient (Wildman–Crippen LogP) is 2.50. The van der Waals surface area contributed by atoms with E-state index < -0.39 is 12.1 Å². The molecule has 0 aliphatic carbocycles. The standard InChI is InChI=1S/C19H28N4O2.C2HF3O2/c24-18(23-9-3-4-10-23)21-17-6-12-25-15-19(17)7-11-22(14-19)13-16-5-1-2-8-20-16;3-2(4,5)1(6)7/h1-2,5,8,17H,3-4,6-7,9-15H2,(H,21,24);(H,6,7). The molecule has 0 radical (unpaired) electrons. The second-order valence-corrected chi connectivity index (χ2v) is 8.48. The first-order valence-corrected chi connectivity index (χ1v) is 10.8. The molecule has 0 aromatic carbocycles. The van der Waals surface area contributed by atoms with Crippen LogP contribution >= 0.6 is 0 Å². The van der Waals surface area contributed by atoms with Crippen molar-refractivity contribution >= 4 is 12.0 Å². The zero-order valence-electron chi connectivity index (χ0n) is 17.8. The summed E-state index contributed by atoms with van der Waals surface area (Å²) in [4.78, 5) is 30.3. The molecule has 178 valence electrons. The van der Waals surface area contributed by atoms with Crippen molar-refractivity contribution in [2.75, 3.05) is 39.4 Å². The molecule has 1 spiro atoms. The Bertz CT molecular complexity index is 774. The minimum absolute atomic E-state index is 0.0441. The number of carboxylic acid groups (broad SMARTS) is 1. The quantitative estimate of drug-likeness (QED) is 0.723. The third kappa shape index (κ3) is 6.32. The number of pyridine rings is 1. The Kier molecular flexibility index (Phi) is 7.94. The van der Waals surface area contributed by atoms with E-state index in [4.69, 9.17) is 14.6 Å². The van der Waals surface area contributed by atoms with Crippen molar-refractivity contribution in [3.05, 3.63) is 30.1 Å². The van der Waals surface area contributed by atoms with Crippen molar-refractivity contribution in [1.82, 2.24) is 20.1 Å². The van der Waals surface area contributed by atoms with Gasteiger partial charge in [-0.25, -0.2) is 9.59 Å². The van der Waals surface area contributed by atoms with Gasteiger partial charge in [-0.3, -0.25) is 9.88 Å². The minimum Gasteiger partial charge on any atom is -0.475 e. The number of alkyl halides is 3. The van der Waals surface area contributed by atoms with Gasteiger partial charge >= 0.3 is 18.2 Å². The number of rotatable bonds is 3. The molecule has 8 nitrogen and oxygen atoms in total. The number of urea groups is 1. The summed E-state index contributed by atoms with van der Waals surface area (Å²) in [6.45, 7) is 6.16.